The first kappa shape index (κ1) is 21.1. The van der Waals surface area contributed by atoms with Crippen molar-refractivity contribution in [3.63, 3.8) is 0 Å². The molecule has 1 amide bonds. The van der Waals surface area contributed by atoms with E-state index in [1.54, 1.807) is 13.2 Å². The van der Waals surface area contributed by atoms with Gasteiger partial charge in [0.25, 0.3) is 0 Å². The van der Waals surface area contributed by atoms with Crippen LogP contribution in [0.4, 0.5) is 5.69 Å². The van der Waals surface area contributed by atoms with E-state index in [9.17, 15) is 4.79 Å². The van der Waals surface area contributed by atoms with Crippen molar-refractivity contribution in [3.05, 3.63) is 65.2 Å². The number of benzene rings is 2. The van der Waals surface area contributed by atoms with Gasteiger partial charge in [-0.05, 0) is 55.0 Å². The Bertz CT molecular complexity index is 1020. The van der Waals surface area contributed by atoms with Gasteiger partial charge in [0, 0.05) is 22.3 Å². The van der Waals surface area contributed by atoms with Crippen LogP contribution in [-0.4, -0.2) is 33.5 Å². The van der Waals surface area contributed by atoms with E-state index in [2.05, 4.69) is 38.0 Å². The Morgan fingerprint density at radius 3 is 2.69 bits per heavy atom. The maximum Gasteiger partial charge on any atom is 0.234 e. The third kappa shape index (κ3) is 5.27. The SMILES string of the molecule is C=CCn1c(SCC(=O)Nc2ccc(Br)cc2C)nnc1-c1ccc(OC)cc1. The molecule has 0 fully saturated rings. The molecule has 29 heavy (non-hydrogen) atoms. The van der Waals surface area contributed by atoms with Crippen LogP contribution in [0.5, 0.6) is 5.75 Å². The van der Waals surface area contributed by atoms with Gasteiger partial charge < -0.3 is 10.1 Å². The van der Waals surface area contributed by atoms with Crippen molar-refractivity contribution in [2.75, 3.05) is 18.2 Å². The number of thioether (sulfide) groups is 1. The number of nitrogens with zero attached hydrogens (tertiary/aromatic N) is 3. The van der Waals surface area contributed by atoms with E-state index < -0.39 is 0 Å². The zero-order chi connectivity index (χ0) is 20.8. The molecule has 0 unspecified atom stereocenters. The molecule has 0 spiro atoms. The monoisotopic (exact) mass is 472 g/mol. The summed E-state index contributed by atoms with van der Waals surface area (Å²) in [7, 11) is 1.63. The minimum absolute atomic E-state index is 0.0976. The number of hydrogen-bond donors (Lipinski definition) is 1. The van der Waals surface area contributed by atoms with Crippen molar-refractivity contribution in [3.8, 4) is 17.1 Å². The molecule has 0 aliphatic carbocycles. The molecule has 0 atom stereocenters. The standard InChI is InChI=1S/C21H21BrN4O2S/c1-4-11-26-20(15-5-8-17(28-3)9-6-15)24-25-21(26)29-13-19(27)23-18-10-7-16(22)12-14(18)2/h4-10,12H,1,11,13H2,2-3H3,(H,23,27). The topological polar surface area (TPSA) is 69.0 Å². The van der Waals surface area contributed by atoms with Crippen molar-refractivity contribution in [2.24, 2.45) is 0 Å². The quantitative estimate of drug-likeness (QED) is 0.371. The highest BCUT2D eigenvalue weighted by molar-refractivity contribution is 9.10. The number of rotatable bonds is 8. The van der Waals surface area contributed by atoms with Crippen LogP contribution in [0.3, 0.4) is 0 Å². The number of nitrogens with one attached hydrogen (secondary N) is 1. The number of anilines is 1. The Balaban J connectivity index is 1.72. The second kappa shape index (κ2) is 9.76. The van der Waals surface area contributed by atoms with E-state index in [1.165, 1.54) is 11.8 Å². The van der Waals surface area contributed by atoms with Crippen LogP contribution >= 0.6 is 27.7 Å². The number of carbonyl (C=O) groups excluding carboxylic acids is 1. The van der Waals surface area contributed by atoms with E-state index in [4.69, 9.17) is 4.74 Å². The maximum absolute atomic E-state index is 12.4. The number of aromatic nitrogens is 3. The lowest BCUT2D eigenvalue weighted by molar-refractivity contribution is -0.113. The number of hydrogen-bond acceptors (Lipinski definition) is 5. The summed E-state index contributed by atoms with van der Waals surface area (Å²) in [5, 5.41) is 12.2. The highest BCUT2D eigenvalue weighted by Gasteiger charge is 2.15. The average molecular weight is 473 g/mol. The Morgan fingerprint density at radius 2 is 2.03 bits per heavy atom. The fourth-order valence-electron chi connectivity index (χ4n) is 2.73. The largest absolute Gasteiger partial charge is 0.497 e. The van der Waals surface area contributed by atoms with Crippen LogP contribution in [0.1, 0.15) is 5.56 Å². The van der Waals surface area contributed by atoms with Crippen LogP contribution in [-0.2, 0) is 11.3 Å². The predicted octanol–water partition coefficient (Wildman–Crippen LogP) is 4.94. The van der Waals surface area contributed by atoms with Crippen LogP contribution in [0, 0.1) is 6.92 Å². The van der Waals surface area contributed by atoms with E-state index in [1.807, 2.05) is 54.0 Å². The number of allylic oxidation sites excluding steroid dienone is 1. The summed E-state index contributed by atoms with van der Waals surface area (Å²) in [6, 6.07) is 13.4. The fraction of sp³-hybridized carbons (Fsp3) is 0.190. The Hall–Kier alpha value is -2.58. The maximum atomic E-state index is 12.4. The van der Waals surface area contributed by atoms with Crippen molar-refractivity contribution in [1.82, 2.24) is 14.8 Å². The van der Waals surface area contributed by atoms with Crippen LogP contribution in [0.2, 0.25) is 0 Å². The molecule has 0 saturated carbocycles. The number of aryl methyl sites for hydroxylation is 1. The average Bonchev–Trinajstić information content (AvgIpc) is 3.11. The molecule has 0 aliphatic rings. The highest BCUT2D eigenvalue weighted by Crippen LogP contribution is 2.26. The van der Waals surface area contributed by atoms with Crippen LogP contribution < -0.4 is 10.1 Å². The third-order valence-corrected chi connectivity index (χ3v) is 5.63. The van der Waals surface area contributed by atoms with E-state index >= 15 is 0 Å². The predicted molar refractivity (Wildman–Crippen MR) is 120 cm³/mol. The third-order valence-electron chi connectivity index (χ3n) is 4.17. The molecule has 0 bridgehead atoms. The van der Waals surface area contributed by atoms with Crippen molar-refractivity contribution in [1.29, 1.82) is 0 Å². The normalized spacial score (nSPS) is 10.6. The molecule has 3 aromatic rings. The van der Waals surface area contributed by atoms with Gasteiger partial charge >= 0.3 is 0 Å². The van der Waals surface area contributed by atoms with Gasteiger partial charge in [-0.25, -0.2) is 0 Å². The van der Waals surface area contributed by atoms with Crippen LogP contribution in [0.15, 0.2) is 64.7 Å². The summed E-state index contributed by atoms with van der Waals surface area (Å²) in [6.07, 6.45) is 1.78. The molecule has 0 radical (unpaired) electrons. The zero-order valence-electron chi connectivity index (χ0n) is 16.2. The smallest absolute Gasteiger partial charge is 0.234 e. The lowest BCUT2D eigenvalue weighted by Crippen LogP contribution is -2.15. The van der Waals surface area contributed by atoms with Crippen molar-refractivity contribution >= 4 is 39.3 Å². The zero-order valence-corrected chi connectivity index (χ0v) is 18.6. The van der Waals surface area contributed by atoms with Gasteiger partial charge in [-0.2, -0.15) is 0 Å². The first-order chi connectivity index (χ1) is 14.0. The molecule has 1 N–H and O–H groups in total. The molecule has 0 saturated heterocycles. The molecule has 8 heteroatoms. The molecule has 2 aromatic carbocycles. The van der Waals surface area contributed by atoms with Gasteiger partial charge in [0.05, 0.1) is 12.9 Å². The van der Waals surface area contributed by atoms with Gasteiger partial charge in [0.15, 0.2) is 11.0 Å². The Kier molecular flexibility index (Phi) is 7.11. The van der Waals surface area contributed by atoms with Gasteiger partial charge in [-0.3, -0.25) is 9.36 Å². The molecule has 150 valence electrons. The first-order valence-electron chi connectivity index (χ1n) is 8.89. The molecule has 1 aromatic heterocycles. The summed E-state index contributed by atoms with van der Waals surface area (Å²) in [4.78, 5) is 12.4. The summed E-state index contributed by atoms with van der Waals surface area (Å²) in [6.45, 7) is 6.32. The van der Waals surface area contributed by atoms with E-state index in [0.717, 1.165) is 32.9 Å². The summed E-state index contributed by atoms with van der Waals surface area (Å²) in [5.41, 5.74) is 2.71. The Labute approximate surface area is 182 Å². The number of halogens is 1. The number of carbonyl (C=O) groups is 1. The van der Waals surface area contributed by atoms with Crippen LogP contribution in [0.25, 0.3) is 11.4 Å². The van der Waals surface area contributed by atoms with E-state index in [0.29, 0.717) is 11.7 Å². The Morgan fingerprint density at radius 1 is 1.28 bits per heavy atom. The highest BCUT2D eigenvalue weighted by atomic mass is 79.9. The van der Waals surface area contributed by atoms with Gasteiger partial charge in [-0.15, -0.1) is 16.8 Å². The molecular formula is C21H21BrN4O2S. The van der Waals surface area contributed by atoms with Gasteiger partial charge in [-0.1, -0.05) is 33.8 Å². The second-order valence-corrected chi connectivity index (χ2v) is 8.09. The summed E-state index contributed by atoms with van der Waals surface area (Å²) < 4.78 is 8.13. The van der Waals surface area contributed by atoms with Crippen molar-refractivity contribution < 1.29 is 9.53 Å². The number of ether oxygens (including phenoxy) is 1. The number of amides is 1. The minimum atomic E-state index is -0.0976. The molecular weight excluding hydrogens is 452 g/mol. The fourth-order valence-corrected chi connectivity index (χ4v) is 3.95. The summed E-state index contributed by atoms with van der Waals surface area (Å²) in [5.74, 6) is 1.63. The first-order valence-corrected chi connectivity index (χ1v) is 10.7. The summed E-state index contributed by atoms with van der Waals surface area (Å²) >= 11 is 4.77. The lowest BCUT2D eigenvalue weighted by Gasteiger charge is -2.10. The molecule has 0 aliphatic heterocycles. The molecule has 1 heterocycles. The van der Waals surface area contributed by atoms with Gasteiger partial charge in [0.1, 0.15) is 5.75 Å². The van der Waals surface area contributed by atoms with Crippen molar-refractivity contribution in [2.45, 2.75) is 18.6 Å². The molecule has 6 nitrogen and oxygen atoms in total. The van der Waals surface area contributed by atoms with E-state index in [-0.39, 0.29) is 11.7 Å². The lowest BCUT2D eigenvalue weighted by atomic mass is 10.2. The van der Waals surface area contributed by atoms with Gasteiger partial charge in [0.2, 0.25) is 5.91 Å². The molecule has 3 rings (SSSR count). The minimum Gasteiger partial charge on any atom is -0.497 e. The second-order valence-electron chi connectivity index (χ2n) is 6.23. The number of methoxy groups -OCH3 is 1.